The standard InChI is InChI=1S/C15H9Cl2NO/c16-12-9-18-15-11(14(12)17)7-4-8-13(15)19-10-5-2-1-3-6-10/h1-9H. The van der Waals surface area contributed by atoms with Crippen LogP contribution in [0.25, 0.3) is 10.9 Å². The summed E-state index contributed by atoms with van der Waals surface area (Å²) < 4.78 is 5.82. The van der Waals surface area contributed by atoms with Crippen molar-refractivity contribution in [3.63, 3.8) is 0 Å². The predicted octanol–water partition coefficient (Wildman–Crippen LogP) is 5.33. The van der Waals surface area contributed by atoms with Crippen LogP contribution in [0.4, 0.5) is 0 Å². The summed E-state index contributed by atoms with van der Waals surface area (Å²) in [6.07, 6.45) is 1.53. The van der Waals surface area contributed by atoms with Crippen LogP contribution >= 0.6 is 23.2 Å². The highest BCUT2D eigenvalue weighted by Crippen LogP contribution is 2.35. The third-order valence-corrected chi connectivity index (χ3v) is 3.51. The molecule has 1 aromatic heterocycles. The SMILES string of the molecule is Clc1cnc2c(Oc3ccccc3)cccc2c1Cl. The molecule has 0 atom stereocenters. The minimum atomic E-state index is 0.436. The lowest BCUT2D eigenvalue weighted by Crippen LogP contribution is -1.88. The van der Waals surface area contributed by atoms with Gasteiger partial charge in [0.05, 0.1) is 10.0 Å². The fourth-order valence-electron chi connectivity index (χ4n) is 1.84. The Bertz CT molecular complexity index is 729. The Morgan fingerprint density at radius 2 is 1.68 bits per heavy atom. The Morgan fingerprint density at radius 3 is 2.47 bits per heavy atom. The molecule has 94 valence electrons. The largest absolute Gasteiger partial charge is 0.455 e. The first-order chi connectivity index (χ1) is 9.25. The van der Waals surface area contributed by atoms with Crippen molar-refractivity contribution < 1.29 is 4.74 Å². The maximum absolute atomic E-state index is 6.17. The van der Waals surface area contributed by atoms with Crippen LogP contribution in [0.3, 0.4) is 0 Å². The lowest BCUT2D eigenvalue weighted by molar-refractivity contribution is 0.487. The highest BCUT2D eigenvalue weighted by atomic mass is 35.5. The molecule has 0 fully saturated rings. The first-order valence-electron chi connectivity index (χ1n) is 5.71. The molecule has 2 nitrogen and oxygen atoms in total. The van der Waals surface area contributed by atoms with Crippen LogP contribution in [0.2, 0.25) is 10.0 Å². The molecule has 0 radical (unpaired) electrons. The smallest absolute Gasteiger partial charge is 0.153 e. The van der Waals surface area contributed by atoms with Gasteiger partial charge >= 0.3 is 0 Å². The number of para-hydroxylation sites is 2. The van der Waals surface area contributed by atoms with Gasteiger partial charge in [0.2, 0.25) is 0 Å². The van der Waals surface area contributed by atoms with E-state index in [1.54, 1.807) is 0 Å². The first kappa shape index (κ1) is 12.3. The van der Waals surface area contributed by atoms with E-state index < -0.39 is 0 Å². The molecule has 0 spiro atoms. The molecule has 0 aliphatic heterocycles. The van der Waals surface area contributed by atoms with Crippen LogP contribution in [0.1, 0.15) is 0 Å². The van der Waals surface area contributed by atoms with E-state index in [2.05, 4.69) is 4.98 Å². The summed E-state index contributed by atoms with van der Waals surface area (Å²) in [5, 5.41) is 1.71. The van der Waals surface area contributed by atoms with Crippen LogP contribution in [-0.2, 0) is 0 Å². The van der Waals surface area contributed by atoms with E-state index in [0.717, 1.165) is 11.1 Å². The molecular formula is C15H9Cl2NO. The Balaban J connectivity index is 2.12. The number of benzene rings is 2. The van der Waals surface area contributed by atoms with E-state index in [-0.39, 0.29) is 0 Å². The number of hydrogen-bond donors (Lipinski definition) is 0. The van der Waals surface area contributed by atoms with E-state index in [1.807, 2.05) is 48.5 Å². The molecular weight excluding hydrogens is 281 g/mol. The second-order valence-electron chi connectivity index (χ2n) is 3.99. The van der Waals surface area contributed by atoms with Crippen LogP contribution < -0.4 is 4.74 Å². The van der Waals surface area contributed by atoms with Crippen molar-refractivity contribution in [3.05, 3.63) is 64.8 Å². The molecule has 3 aromatic rings. The molecule has 3 rings (SSSR count). The number of ether oxygens (including phenoxy) is 1. The molecule has 19 heavy (non-hydrogen) atoms. The summed E-state index contributed by atoms with van der Waals surface area (Å²) in [5.41, 5.74) is 0.695. The van der Waals surface area contributed by atoms with Crippen LogP contribution in [-0.4, -0.2) is 4.98 Å². The Morgan fingerprint density at radius 1 is 0.895 bits per heavy atom. The highest BCUT2D eigenvalue weighted by molar-refractivity contribution is 6.45. The number of hydrogen-bond acceptors (Lipinski definition) is 2. The van der Waals surface area contributed by atoms with Gasteiger partial charge in [0, 0.05) is 11.6 Å². The Hall–Kier alpha value is -1.77. The maximum atomic E-state index is 6.17. The van der Waals surface area contributed by atoms with Gasteiger partial charge in [-0.1, -0.05) is 53.5 Å². The zero-order valence-electron chi connectivity index (χ0n) is 9.81. The number of pyridine rings is 1. The molecule has 2 aromatic carbocycles. The summed E-state index contributed by atoms with van der Waals surface area (Å²) >= 11 is 12.1. The van der Waals surface area contributed by atoms with Crippen LogP contribution in [0, 0.1) is 0 Å². The van der Waals surface area contributed by atoms with Crippen molar-refractivity contribution in [1.82, 2.24) is 4.98 Å². The molecule has 0 aliphatic rings. The number of fused-ring (bicyclic) bond motifs is 1. The minimum absolute atomic E-state index is 0.436. The molecule has 0 bridgehead atoms. The van der Waals surface area contributed by atoms with Gasteiger partial charge in [-0.15, -0.1) is 0 Å². The average molecular weight is 290 g/mol. The van der Waals surface area contributed by atoms with Gasteiger partial charge in [-0.3, -0.25) is 4.98 Å². The van der Waals surface area contributed by atoms with Crippen LogP contribution in [0.15, 0.2) is 54.7 Å². The van der Waals surface area contributed by atoms with E-state index in [1.165, 1.54) is 6.20 Å². The van der Waals surface area contributed by atoms with Gasteiger partial charge < -0.3 is 4.74 Å². The summed E-state index contributed by atoms with van der Waals surface area (Å²) in [6, 6.07) is 15.1. The first-order valence-corrected chi connectivity index (χ1v) is 6.47. The van der Waals surface area contributed by atoms with E-state index in [4.69, 9.17) is 27.9 Å². The van der Waals surface area contributed by atoms with Crippen molar-refractivity contribution >= 4 is 34.1 Å². The molecule has 0 unspecified atom stereocenters. The zero-order chi connectivity index (χ0) is 13.2. The second-order valence-corrected chi connectivity index (χ2v) is 4.77. The molecule has 0 saturated heterocycles. The van der Waals surface area contributed by atoms with E-state index in [9.17, 15) is 0 Å². The minimum Gasteiger partial charge on any atom is -0.455 e. The summed E-state index contributed by atoms with van der Waals surface area (Å²) in [4.78, 5) is 4.30. The zero-order valence-corrected chi connectivity index (χ0v) is 11.3. The molecule has 1 heterocycles. The number of aromatic nitrogens is 1. The van der Waals surface area contributed by atoms with Gasteiger partial charge in [0.1, 0.15) is 11.3 Å². The Kier molecular flexibility index (Phi) is 3.28. The second kappa shape index (κ2) is 5.08. The summed E-state index contributed by atoms with van der Waals surface area (Å²) in [7, 11) is 0. The number of halogens is 2. The lowest BCUT2D eigenvalue weighted by Gasteiger charge is -2.09. The van der Waals surface area contributed by atoms with Crippen molar-refractivity contribution in [1.29, 1.82) is 0 Å². The lowest BCUT2D eigenvalue weighted by atomic mass is 10.2. The van der Waals surface area contributed by atoms with Gasteiger partial charge in [0.15, 0.2) is 5.75 Å². The average Bonchev–Trinajstić information content (AvgIpc) is 2.45. The fraction of sp³-hybridized carbons (Fsp3) is 0. The third-order valence-electron chi connectivity index (χ3n) is 2.72. The van der Waals surface area contributed by atoms with Crippen molar-refractivity contribution in [2.24, 2.45) is 0 Å². The highest BCUT2D eigenvalue weighted by Gasteiger charge is 2.09. The topological polar surface area (TPSA) is 22.1 Å². The quantitative estimate of drug-likeness (QED) is 0.636. The van der Waals surface area contributed by atoms with Crippen molar-refractivity contribution in [2.45, 2.75) is 0 Å². The van der Waals surface area contributed by atoms with Gasteiger partial charge in [-0.25, -0.2) is 0 Å². The van der Waals surface area contributed by atoms with Crippen LogP contribution in [0.5, 0.6) is 11.5 Å². The predicted molar refractivity (Wildman–Crippen MR) is 78.3 cm³/mol. The molecule has 0 aliphatic carbocycles. The Labute approximate surface area is 120 Å². The summed E-state index contributed by atoms with van der Waals surface area (Å²) in [5.74, 6) is 1.41. The third kappa shape index (κ3) is 2.37. The summed E-state index contributed by atoms with van der Waals surface area (Å²) in [6.45, 7) is 0. The van der Waals surface area contributed by atoms with Crippen molar-refractivity contribution in [3.8, 4) is 11.5 Å². The van der Waals surface area contributed by atoms with Gasteiger partial charge in [-0.2, -0.15) is 0 Å². The van der Waals surface area contributed by atoms with Gasteiger partial charge in [0.25, 0.3) is 0 Å². The van der Waals surface area contributed by atoms with E-state index >= 15 is 0 Å². The molecule has 4 heteroatoms. The normalized spacial score (nSPS) is 10.6. The fourth-order valence-corrected chi connectivity index (χ4v) is 2.19. The van der Waals surface area contributed by atoms with Crippen molar-refractivity contribution in [2.75, 3.05) is 0 Å². The molecule has 0 N–H and O–H groups in total. The maximum Gasteiger partial charge on any atom is 0.153 e. The molecule has 0 amide bonds. The number of rotatable bonds is 2. The van der Waals surface area contributed by atoms with Gasteiger partial charge in [-0.05, 0) is 18.2 Å². The number of nitrogens with zero attached hydrogens (tertiary/aromatic N) is 1. The molecule has 0 saturated carbocycles. The monoisotopic (exact) mass is 289 g/mol. The van der Waals surface area contributed by atoms with E-state index in [0.29, 0.717) is 21.3 Å².